The maximum atomic E-state index is 15.0. The summed E-state index contributed by atoms with van der Waals surface area (Å²) in [5, 5.41) is 20.6. The van der Waals surface area contributed by atoms with Gasteiger partial charge in [0.05, 0.1) is 16.9 Å². The highest BCUT2D eigenvalue weighted by atomic mass is 35.5. The number of aryl methyl sites for hydroxylation is 1. The molecule has 2 N–H and O–H groups in total. The maximum absolute atomic E-state index is 15.0. The van der Waals surface area contributed by atoms with Gasteiger partial charge in [-0.15, -0.1) is 0 Å². The fourth-order valence-electron chi connectivity index (χ4n) is 7.14. The molecule has 0 aromatic heterocycles. The number of carbonyl (C=O) groups is 2. The third kappa shape index (κ3) is 5.00. The lowest BCUT2D eigenvalue weighted by Crippen LogP contribution is -2.57. The molecule has 2 aromatic carbocycles. The zero-order valence-electron chi connectivity index (χ0n) is 23.3. The van der Waals surface area contributed by atoms with Crippen LogP contribution in [0, 0.1) is 5.92 Å². The molecule has 2 unspecified atom stereocenters. The lowest BCUT2D eigenvalue weighted by molar-refractivity contribution is -0.348. The van der Waals surface area contributed by atoms with Gasteiger partial charge in [0.25, 0.3) is 5.91 Å². The van der Waals surface area contributed by atoms with Crippen LogP contribution >= 0.6 is 11.6 Å². The van der Waals surface area contributed by atoms with Gasteiger partial charge in [-0.05, 0) is 74.3 Å². The van der Waals surface area contributed by atoms with Gasteiger partial charge in [-0.3, -0.25) is 9.59 Å². The maximum Gasteiger partial charge on any atom is 0.435 e. The Morgan fingerprint density at radius 3 is 2.09 bits per heavy atom. The van der Waals surface area contributed by atoms with E-state index in [4.69, 9.17) is 11.6 Å². The van der Waals surface area contributed by atoms with E-state index in [1.165, 1.54) is 18.2 Å². The van der Waals surface area contributed by atoms with Crippen molar-refractivity contribution >= 4 is 33.3 Å². The molecule has 3 aliphatic rings. The number of nitrogens with zero attached hydrogens (tertiary/aromatic N) is 1. The molecule has 2 atom stereocenters. The first-order chi connectivity index (χ1) is 20.7. The fraction of sp³-hybridized carbons (Fsp3) is 0.517. The number of rotatable bonds is 5. The highest BCUT2D eigenvalue weighted by Gasteiger charge is 2.74. The van der Waals surface area contributed by atoms with Crippen LogP contribution in [0.15, 0.2) is 47.4 Å². The number of carbonyl (C=O) groups excluding carboxylic acids is 1. The molecule has 2 aliphatic carbocycles. The van der Waals surface area contributed by atoms with Gasteiger partial charge >= 0.3 is 24.0 Å². The number of hydrogen-bond acceptors (Lipinski definition) is 5. The van der Waals surface area contributed by atoms with Crippen molar-refractivity contribution in [3.63, 3.8) is 0 Å². The van der Waals surface area contributed by atoms with Crippen molar-refractivity contribution in [2.24, 2.45) is 5.92 Å². The Bertz CT molecular complexity index is 1620. The fourth-order valence-corrected chi connectivity index (χ4v) is 9.81. The quantitative estimate of drug-likeness (QED) is 0.382. The second-order valence-corrected chi connectivity index (χ2v) is 14.5. The summed E-state index contributed by atoms with van der Waals surface area (Å²) in [6.45, 7) is -0.257. The van der Waals surface area contributed by atoms with Gasteiger partial charge in [0.1, 0.15) is 10.3 Å². The monoisotopic (exact) mass is 685 g/mol. The summed E-state index contributed by atoms with van der Waals surface area (Å²) >= 11 is 6.06. The molecule has 45 heavy (non-hydrogen) atoms. The molecule has 7 nitrogen and oxygen atoms in total. The van der Waals surface area contributed by atoms with E-state index in [9.17, 15) is 54.6 Å². The van der Waals surface area contributed by atoms with Crippen molar-refractivity contribution in [3.05, 3.63) is 64.2 Å². The van der Waals surface area contributed by atoms with Crippen LogP contribution in [-0.4, -0.2) is 65.9 Å². The number of hydrogen-bond donors (Lipinski definition) is 2. The molecule has 0 bridgehead atoms. The van der Waals surface area contributed by atoms with E-state index in [2.05, 4.69) is 0 Å². The zero-order valence-corrected chi connectivity index (χ0v) is 24.8. The van der Waals surface area contributed by atoms with Crippen molar-refractivity contribution in [3.8, 4) is 0 Å². The number of aliphatic hydroxyl groups is 1. The van der Waals surface area contributed by atoms with Crippen LogP contribution in [0.4, 0.5) is 30.7 Å². The second-order valence-electron chi connectivity index (χ2n) is 11.8. The first-order valence-electron chi connectivity index (χ1n) is 13.9. The molecule has 5 rings (SSSR count). The minimum Gasteiger partial charge on any atom is -0.481 e. The average Bonchev–Trinajstić information content (AvgIpc) is 3.36. The van der Waals surface area contributed by atoms with Crippen molar-refractivity contribution < 1.29 is 59.0 Å². The van der Waals surface area contributed by atoms with Crippen LogP contribution in [0.2, 0.25) is 5.02 Å². The van der Waals surface area contributed by atoms with E-state index < -0.39 is 67.6 Å². The minimum atomic E-state index is -6.38. The first kappa shape index (κ1) is 33.5. The summed E-state index contributed by atoms with van der Waals surface area (Å²) in [5.74, 6) is -2.73. The number of halogens is 8. The Balaban J connectivity index is 1.65. The van der Waals surface area contributed by atoms with Gasteiger partial charge in [-0.25, -0.2) is 12.8 Å². The standard InChI is InChI=1S/C29H27ClF7NO6S/c30-19-2-1-3-20(15-19)45(43,44)26-12-13-38(24(41)25(42)10-8-16(9-11-25)23(39)40)22(26)7-4-17-14-18(5-6-21(17)26)27(31,28(32,33)34)29(35,36)37/h1-3,5-6,14-16,22,42H,4,7-13H2,(H,39,40). The van der Waals surface area contributed by atoms with Gasteiger partial charge in [0, 0.05) is 17.1 Å². The van der Waals surface area contributed by atoms with Crippen molar-refractivity contribution in [2.75, 3.05) is 6.54 Å². The number of alkyl halides is 7. The minimum absolute atomic E-state index is 0.0168. The van der Waals surface area contributed by atoms with Crippen molar-refractivity contribution in [2.45, 2.75) is 84.3 Å². The van der Waals surface area contributed by atoms with E-state index in [-0.39, 0.29) is 78.6 Å². The largest absolute Gasteiger partial charge is 0.481 e. The van der Waals surface area contributed by atoms with Crippen molar-refractivity contribution in [1.29, 1.82) is 0 Å². The molecular formula is C29H27ClF7NO6S. The molecule has 16 heteroatoms. The molecule has 0 spiro atoms. The number of fused-ring (bicyclic) bond motifs is 3. The Labute approximate surface area is 257 Å². The third-order valence-corrected chi connectivity index (χ3v) is 12.2. The van der Waals surface area contributed by atoms with E-state index in [0.29, 0.717) is 6.07 Å². The molecule has 1 amide bonds. The predicted molar refractivity (Wildman–Crippen MR) is 145 cm³/mol. The van der Waals surface area contributed by atoms with Crippen LogP contribution < -0.4 is 0 Å². The van der Waals surface area contributed by atoms with E-state index in [1.807, 2.05) is 0 Å². The zero-order chi connectivity index (χ0) is 33.4. The van der Waals surface area contributed by atoms with E-state index in [1.54, 1.807) is 0 Å². The Hall–Kier alpha value is -2.91. The summed E-state index contributed by atoms with van der Waals surface area (Å²) in [4.78, 5) is 26.1. The topological polar surface area (TPSA) is 112 Å². The van der Waals surface area contributed by atoms with Gasteiger partial charge in [-0.2, -0.15) is 26.3 Å². The van der Waals surface area contributed by atoms with Crippen LogP contribution in [0.5, 0.6) is 0 Å². The Kier molecular flexibility index (Phi) is 8.05. The number of likely N-dealkylation sites (tertiary alicyclic amines) is 1. The summed E-state index contributed by atoms with van der Waals surface area (Å²) in [6.07, 6.45) is -14.1. The third-order valence-electron chi connectivity index (χ3n) is 9.47. The van der Waals surface area contributed by atoms with Gasteiger partial charge in [0.15, 0.2) is 9.84 Å². The number of aliphatic carboxylic acids is 1. The number of carboxylic acids is 1. The van der Waals surface area contributed by atoms with Crippen LogP contribution in [0.25, 0.3) is 0 Å². The highest BCUT2D eigenvalue weighted by Crippen LogP contribution is 2.57. The lowest BCUT2D eigenvalue weighted by atomic mass is 9.75. The smallest absolute Gasteiger partial charge is 0.435 e. The van der Waals surface area contributed by atoms with Gasteiger partial charge < -0.3 is 15.1 Å². The van der Waals surface area contributed by atoms with E-state index in [0.717, 1.165) is 17.0 Å². The number of benzene rings is 2. The van der Waals surface area contributed by atoms with Crippen LogP contribution in [0.1, 0.15) is 55.2 Å². The Morgan fingerprint density at radius 1 is 0.911 bits per heavy atom. The molecule has 0 radical (unpaired) electrons. The lowest BCUT2D eigenvalue weighted by Gasteiger charge is -2.45. The normalized spacial score (nSPS) is 27.5. The second kappa shape index (κ2) is 10.8. The Morgan fingerprint density at radius 2 is 1.53 bits per heavy atom. The highest BCUT2D eigenvalue weighted by molar-refractivity contribution is 7.92. The number of carboxylic acid groups (broad SMARTS) is 1. The predicted octanol–water partition coefficient (Wildman–Crippen LogP) is 5.85. The number of sulfone groups is 1. The molecule has 1 heterocycles. The molecule has 1 aliphatic heterocycles. The molecule has 2 fully saturated rings. The molecule has 1 saturated heterocycles. The van der Waals surface area contributed by atoms with Gasteiger partial charge in [0.2, 0.25) is 0 Å². The average molecular weight is 686 g/mol. The van der Waals surface area contributed by atoms with Crippen molar-refractivity contribution in [1.82, 2.24) is 4.90 Å². The molecule has 1 saturated carbocycles. The summed E-state index contributed by atoms with van der Waals surface area (Å²) < 4.78 is 123. The summed E-state index contributed by atoms with van der Waals surface area (Å²) in [5.41, 5.74) is -9.96. The summed E-state index contributed by atoms with van der Waals surface area (Å²) in [6, 6.07) is 5.21. The summed E-state index contributed by atoms with van der Waals surface area (Å²) in [7, 11) is -4.61. The molecular weight excluding hydrogens is 659 g/mol. The SMILES string of the molecule is O=C(O)C1CCC(O)(C(=O)N2CCC3(S(=O)(=O)c4cccc(Cl)c4)c4ccc(C(F)(C(F)(F)F)C(F)(F)F)cc4CCC23)CC1. The van der Waals surface area contributed by atoms with E-state index >= 15 is 4.39 Å². The van der Waals surface area contributed by atoms with Gasteiger partial charge in [-0.1, -0.05) is 35.9 Å². The van der Waals surface area contributed by atoms with Crippen LogP contribution in [0.3, 0.4) is 0 Å². The molecule has 2 aromatic rings. The first-order valence-corrected chi connectivity index (χ1v) is 15.8. The van der Waals surface area contributed by atoms with Crippen LogP contribution in [-0.2, 0) is 36.3 Å². The molecule has 246 valence electrons. The number of amides is 1.